The number of benzene rings is 1. The first-order valence-electron chi connectivity index (χ1n) is 6.30. The molecule has 0 saturated carbocycles. The molecule has 0 radical (unpaired) electrons. The van der Waals surface area contributed by atoms with E-state index in [0.29, 0.717) is 5.82 Å². The first-order valence-corrected chi connectivity index (χ1v) is 6.30. The fraction of sp³-hybridized carbons (Fsp3) is 0.333. The van der Waals surface area contributed by atoms with Crippen molar-refractivity contribution in [1.82, 2.24) is 9.97 Å². The van der Waals surface area contributed by atoms with Crippen LogP contribution < -0.4 is 5.73 Å². The van der Waals surface area contributed by atoms with Crippen LogP contribution in [0.2, 0.25) is 0 Å². The number of hydrogen-bond donors (Lipinski definition) is 1. The van der Waals surface area contributed by atoms with Crippen molar-refractivity contribution >= 4 is 0 Å². The largest absolute Gasteiger partial charge is 0.369 e. The molecule has 0 spiro atoms. The third-order valence-electron chi connectivity index (χ3n) is 3.10. The van der Waals surface area contributed by atoms with Gasteiger partial charge in [-0.25, -0.2) is 9.97 Å². The second-order valence-electron chi connectivity index (χ2n) is 4.58. The Balaban J connectivity index is 2.37. The Morgan fingerprint density at radius 1 is 1.21 bits per heavy atom. The standard InChI is InChI=1S/C15H19N3O/c1-10(16)13-9-17-15(18-11(13)2)14(19-3)12-7-5-4-6-8-12/h4-10,14H,16H2,1-3H3. The van der Waals surface area contributed by atoms with Gasteiger partial charge in [-0.3, -0.25) is 0 Å². The molecule has 2 atom stereocenters. The van der Waals surface area contributed by atoms with E-state index in [1.165, 1.54) is 0 Å². The highest BCUT2D eigenvalue weighted by atomic mass is 16.5. The van der Waals surface area contributed by atoms with E-state index >= 15 is 0 Å². The Labute approximate surface area is 113 Å². The summed E-state index contributed by atoms with van der Waals surface area (Å²) in [6.45, 7) is 3.87. The molecular weight excluding hydrogens is 238 g/mol. The van der Waals surface area contributed by atoms with E-state index in [1.807, 2.05) is 44.2 Å². The highest BCUT2D eigenvalue weighted by Crippen LogP contribution is 2.23. The molecule has 2 unspecified atom stereocenters. The van der Waals surface area contributed by atoms with Crippen molar-refractivity contribution in [2.75, 3.05) is 7.11 Å². The number of ether oxygens (including phenoxy) is 1. The maximum absolute atomic E-state index is 5.87. The lowest BCUT2D eigenvalue weighted by Crippen LogP contribution is -2.13. The predicted octanol–water partition coefficient (Wildman–Crippen LogP) is 2.54. The highest BCUT2D eigenvalue weighted by molar-refractivity contribution is 5.26. The Kier molecular flexibility index (Phi) is 4.24. The second kappa shape index (κ2) is 5.91. The summed E-state index contributed by atoms with van der Waals surface area (Å²) in [6.07, 6.45) is 1.54. The smallest absolute Gasteiger partial charge is 0.162 e. The summed E-state index contributed by atoms with van der Waals surface area (Å²) in [7, 11) is 1.66. The molecule has 4 heteroatoms. The molecule has 1 aromatic heterocycles. The fourth-order valence-electron chi connectivity index (χ4n) is 2.09. The van der Waals surface area contributed by atoms with Crippen molar-refractivity contribution in [3.8, 4) is 0 Å². The van der Waals surface area contributed by atoms with Crippen molar-refractivity contribution in [3.05, 3.63) is 59.2 Å². The monoisotopic (exact) mass is 257 g/mol. The van der Waals surface area contributed by atoms with Crippen molar-refractivity contribution < 1.29 is 4.74 Å². The van der Waals surface area contributed by atoms with Crippen LogP contribution in [0, 0.1) is 6.92 Å². The maximum atomic E-state index is 5.87. The summed E-state index contributed by atoms with van der Waals surface area (Å²) in [6, 6.07) is 9.88. The Morgan fingerprint density at radius 3 is 2.42 bits per heavy atom. The summed E-state index contributed by atoms with van der Waals surface area (Å²) in [5.74, 6) is 0.663. The van der Waals surface area contributed by atoms with Gasteiger partial charge in [0.1, 0.15) is 6.10 Å². The lowest BCUT2D eigenvalue weighted by atomic mass is 10.1. The molecule has 0 bridgehead atoms. The number of aryl methyl sites for hydroxylation is 1. The number of rotatable bonds is 4. The fourth-order valence-corrected chi connectivity index (χ4v) is 2.09. The van der Waals surface area contributed by atoms with Crippen LogP contribution in [0.5, 0.6) is 0 Å². The van der Waals surface area contributed by atoms with Gasteiger partial charge in [0.2, 0.25) is 0 Å². The summed E-state index contributed by atoms with van der Waals surface area (Å²) >= 11 is 0. The van der Waals surface area contributed by atoms with Gasteiger partial charge in [0.15, 0.2) is 5.82 Å². The number of nitrogens with two attached hydrogens (primary N) is 1. The van der Waals surface area contributed by atoms with E-state index in [4.69, 9.17) is 10.5 Å². The van der Waals surface area contributed by atoms with Gasteiger partial charge in [-0.05, 0) is 19.4 Å². The normalized spacial score (nSPS) is 14.1. The molecule has 0 aliphatic heterocycles. The molecule has 2 rings (SSSR count). The topological polar surface area (TPSA) is 61.0 Å². The zero-order chi connectivity index (χ0) is 13.8. The molecular formula is C15H19N3O. The molecule has 2 aromatic rings. The first-order chi connectivity index (χ1) is 9.13. The van der Waals surface area contributed by atoms with Crippen molar-refractivity contribution in [2.45, 2.75) is 26.0 Å². The van der Waals surface area contributed by atoms with Crippen molar-refractivity contribution in [1.29, 1.82) is 0 Å². The molecule has 2 N–H and O–H groups in total. The molecule has 1 heterocycles. The molecule has 1 aromatic carbocycles. The van der Waals surface area contributed by atoms with Crippen LogP contribution in [0.1, 0.15) is 41.7 Å². The summed E-state index contributed by atoms with van der Waals surface area (Å²) in [5.41, 5.74) is 8.78. The Morgan fingerprint density at radius 2 is 1.89 bits per heavy atom. The van der Waals surface area contributed by atoms with Crippen LogP contribution in [0.25, 0.3) is 0 Å². The second-order valence-corrected chi connectivity index (χ2v) is 4.58. The molecule has 0 amide bonds. The van der Waals surface area contributed by atoms with E-state index in [9.17, 15) is 0 Å². The molecule has 0 saturated heterocycles. The average Bonchev–Trinajstić information content (AvgIpc) is 2.40. The van der Waals surface area contributed by atoms with Gasteiger partial charge >= 0.3 is 0 Å². The lowest BCUT2D eigenvalue weighted by molar-refractivity contribution is 0.129. The number of hydrogen-bond acceptors (Lipinski definition) is 4. The van der Waals surface area contributed by atoms with E-state index in [2.05, 4.69) is 9.97 Å². The van der Waals surface area contributed by atoms with E-state index < -0.39 is 0 Å². The van der Waals surface area contributed by atoms with Crippen LogP contribution in [-0.2, 0) is 4.74 Å². The van der Waals surface area contributed by atoms with Gasteiger partial charge in [-0.15, -0.1) is 0 Å². The first kappa shape index (κ1) is 13.6. The number of methoxy groups -OCH3 is 1. The third-order valence-corrected chi connectivity index (χ3v) is 3.10. The Hall–Kier alpha value is -1.78. The van der Waals surface area contributed by atoms with E-state index in [-0.39, 0.29) is 12.1 Å². The average molecular weight is 257 g/mol. The minimum absolute atomic E-state index is 0.0632. The zero-order valence-corrected chi connectivity index (χ0v) is 11.5. The molecule has 0 aliphatic carbocycles. The van der Waals surface area contributed by atoms with Crippen LogP contribution in [0.3, 0.4) is 0 Å². The Bertz CT molecular complexity index is 540. The highest BCUT2D eigenvalue weighted by Gasteiger charge is 2.17. The van der Waals surface area contributed by atoms with Gasteiger partial charge in [0.25, 0.3) is 0 Å². The van der Waals surface area contributed by atoms with Crippen LogP contribution in [0.15, 0.2) is 36.5 Å². The minimum Gasteiger partial charge on any atom is -0.369 e. The van der Waals surface area contributed by atoms with E-state index in [0.717, 1.165) is 16.8 Å². The van der Waals surface area contributed by atoms with Crippen molar-refractivity contribution in [3.63, 3.8) is 0 Å². The predicted molar refractivity (Wildman–Crippen MR) is 74.7 cm³/mol. The van der Waals surface area contributed by atoms with Gasteiger partial charge in [0, 0.05) is 30.6 Å². The zero-order valence-electron chi connectivity index (χ0n) is 11.5. The molecule has 4 nitrogen and oxygen atoms in total. The maximum Gasteiger partial charge on any atom is 0.162 e. The van der Waals surface area contributed by atoms with Gasteiger partial charge in [-0.2, -0.15) is 0 Å². The third kappa shape index (κ3) is 2.97. The molecule has 0 fully saturated rings. The number of aromatic nitrogens is 2. The van der Waals surface area contributed by atoms with Crippen LogP contribution in [-0.4, -0.2) is 17.1 Å². The van der Waals surface area contributed by atoms with Gasteiger partial charge in [0.05, 0.1) is 0 Å². The van der Waals surface area contributed by atoms with Crippen molar-refractivity contribution in [2.24, 2.45) is 5.73 Å². The summed E-state index contributed by atoms with van der Waals surface area (Å²) < 4.78 is 5.52. The summed E-state index contributed by atoms with van der Waals surface area (Å²) in [5, 5.41) is 0. The van der Waals surface area contributed by atoms with E-state index in [1.54, 1.807) is 13.3 Å². The lowest BCUT2D eigenvalue weighted by Gasteiger charge is -2.16. The summed E-state index contributed by atoms with van der Waals surface area (Å²) in [4.78, 5) is 8.92. The SMILES string of the molecule is COC(c1ccccc1)c1ncc(C(C)N)c(C)n1. The van der Waals surface area contributed by atoms with Gasteiger partial charge < -0.3 is 10.5 Å². The number of nitrogens with zero attached hydrogens (tertiary/aromatic N) is 2. The quantitative estimate of drug-likeness (QED) is 0.914. The molecule has 100 valence electrons. The van der Waals surface area contributed by atoms with Crippen LogP contribution >= 0.6 is 0 Å². The molecule has 0 aliphatic rings. The van der Waals surface area contributed by atoms with Gasteiger partial charge in [-0.1, -0.05) is 30.3 Å². The molecule has 19 heavy (non-hydrogen) atoms. The van der Waals surface area contributed by atoms with Crippen LogP contribution in [0.4, 0.5) is 0 Å². The minimum atomic E-state index is -0.248.